The van der Waals surface area contributed by atoms with Crippen molar-refractivity contribution < 1.29 is 47.9 Å². The van der Waals surface area contributed by atoms with Crippen molar-refractivity contribution in [2.24, 2.45) is 0 Å². The van der Waals surface area contributed by atoms with Crippen LogP contribution < -0.4 is 28.4 Å². The van der Waals surface area contributed by atoms with Crippen molar-refractivity contribution in [2.75, 3.05) is 73.6 Å². The van der Waals surface area contributed by atoms with E-state index in [-0.39, 0.29) is 30.4 Å². The largest absolute Gasteiger partial charge is 0.507 e. The average Bonchev–Trinajstić information content (AvgIpc) is 3.58. The first-order chi connectivity index (χ1) is 19.5. The normalized spacial score (nSPS) is 21.6. The number of fused-ring (bicyclic) bond motifs is 2. The van der Waals surface area contributed by atoms with Crippen molar-refractivity contribution in [3.05, 3.63) is 41.0 Å². The Balaban J connectivity index is 1.49. The fourth-order valence-corrected chi connectivity index (χ4v) is 5.45. The minimum absolute atomic E-state index is 0.0417. The van der Waals surface area contributed by atoms with Crippen LogP contribution in [0.2, 0.25) is 0 Å². The van der Waals surface area contributed by atoms with Gasteiger partial charge in [-0.2, -0.15) is 0 Å². The number of likely N-dealkylation sites (tertiary alicyclic amines) is 1. The van der Waals surface area contributed by atoms with Crippen LogP contribution in [0.1, 0.15) is 17.2 Å². The first-order valence-electron chi connectivity index (χ1n) is 13.0. The molecule has 212 valence electrons. The van der Waals surface area contributed by atoms with E-state index in [0.717, 1.165) is 0 Å². The number of amides is 1. The lowest BCUT2D eigenvalue weighted by atomic mass is 9.93. The lowest BCUT2D eigenvalue weighted by Crippen LogP contribution is -2.42. The van der Waals surface area contributed by atoms with Crippen molar-refractivity contribution >= 4 is 17.4 Å². The monoisotopic (exact) mass is 554 g/mol. The fraction of sp³-hybridized carbons (Fsp3) is 0.429. The summed E-state index contributed by atoms with van der Waals surface area (Å²) in [4.78, 5) is 30.8. The third-order valence-corrected chi connectivity index (χ3v) is 7.43. The summed E-state index contributed by atoms with van der Waals surface area (Å²) in [7, 11) is 2.95. The lowest BCUT2D eigenvalue weighted by Gasteiger charge is -2.31. The van der Waals surface area contributed by atoms with Gasteiger partial charge in [-0.15, -0.1) is 0 Å². The first-order valence-corrected chi connectivity index (χ1v) is 13.0. The van der Waals surface area contributed by atoms with Crippen LogP contribution in [-0.2, 0) is 14.3 Å². The van der Waals surface area contributed by atoms with E-state index in [1.165, 1.54) is 19.1 Å². The van der Waals surface area contributed by atoms with Gasteiger partial charge in [0.25, 0.3) is 11.7 Å². The van der Waals surface area contributed by atoms with Gasteiger partial charge in [0, 0.05) is 37.3 Å². The van der Waals surface area contributed by atoms with Gasteiger partial charge < -0.3 is 43.2 Å². The number of carbonyl (C=O) groups is 2. The number of nitrogens with zero attached hydrogens (tertiary/aromatic N) is 2. The van der Waals surface area contributed by atoms with E-state index in [9.17, 15) is 14.7 Å². The van der Waals surface area contributed by atoms with Gasteiger partial charge >= 0.3 is 0 Å². The lowest BCUT2D eigenvalue weighted by molar-refractivity contribution is -0.140. The van der Waals surface area contributed by atoms with Crippen molar-refractivity contribution in [2.45, 2.75) is 6.04 Å². The average molecular weight is 555 g/mol. The highest BCUT2D eigenvalue weighted by molar-refractivity contribution is 6.46. The molecule has 0 radical (unpaired) electrons. The topological polar surface area (TPSA) is 125 Å². The Hall–Kier alpha value is -4.16. The predicted octanol–water partition coefficient (Wildman–Crippen LogP) is 1.96. The number of rotatable bonds is 7. The van der Waals surface area contributed by atoms with Crippen LogP contribution in [-0.4, -0.2) is 100 Å². The maximum Gasteiger partial charge on any atom is 0.295 e. The Labute approximate surface area is 230 Å². The molecule has 1 N–H and O–H groups in total. The van der Waals surface area contributed by atoms with Crippen LogP contribution >= 0.6 is 0 Å². The van der Waals surface area contributed by atoms with Gasteiger partial charge in [-0.3, -0.25) is 14.5 Å². The van der Waals surface area contributed by atoms with Crippen LogP contribution in [0.15, 0.2) is 29.8 Å². The zero-order valence-electron chi connectivity index (χ0n) is 22.3. The molecule has 1 atom stereocenters. The summed E-state index contributed by atoms with van der Waals surface area (Å²) in [5.41, 5.74) is 0.652. The van der Waals surface area contributed by atoms with Gasteiger partial charge in [-0.05, 0) is 24.3 Å². The van der Waals surface area contributed by atoms with E-state index in [2.05, 4.69) is 4.90 Å². The Morgan fingerprint density at radius 2 is 1.68 bits per heavy atom. The number of Topliss-reactive ketones (excluding diaryl/α,β-unsaturated/α-hetero) is 1. The number of aliphatic hydroxyl groups is 1. The van der Waals surface area contributed by atoms with Crippen LogP contribution in [0.3, 0.4) is 0 Å². The highest BCUT2D eigenvalue weighted by Gasteiger charge is 2.48. The second kappa shape index (κ2) is 10.8. The molecule has 12 heteroatoms. The predicted molar refractivity (Wildman–Crippen MR) is 139 cm³/mol. The Kier molecular flexibility index (Phi) is 7.03. The molecule has 0 aromatic heterocycles. The number of hydrogen-bond donors (Lipinski definition) is 1. The molecule has 0 spiro atoms. The summed E-state index contributed by atoms with van der Waals surface area (Å²) in [6, 6.07) is 5.55. The number of carbonyl (C=O) groups excluding carboxylic acids is 2. The molecule has 0 aliphatic carbocycles. The zero-order valence-corrected chi connectivity index (χ0v) is 22.3. The number of benzene rings is 2. The molecule has 2 saturated heterocycles. The van der Waals surface area contributed by atoms with Gasteiger partial charge in [0.05, 0.1) is 39.0 Å². The Morgan fingerprint density at radius 3 is 2.42 bits per heavy atom. The summed E-state index contributed by atoms with van der Waals surface area (Å²) in [5.74, 6) is 0.395. The van der Waals surface area contributed by atoms with Gasteiger partial charge in [0.2, 0.25) is 18.3 Å². The molecule has 1 amide bonds. The minimum atomic E-state index is -0.993. The molecular weight excluding hydrogens is 524 g/mol. The van der Waals surface area contributed by atoms with Crippen LogP contribution in [0.25, 0.3) is 5.76 Å². The standard InChI is InChI=1S/C28H30N2O10/c1-34-20-14-17(25(35-2)27-26(20)39-15-40-27)22-21(23(31)16-3-4-18-19(13-16)38-12-11-37-18)24(32)28(33)30(22)6-5-29-7-9-36-10-8-29/h3-4,13-14,22,31H,5-12,15H2,1-2H3. The zero-order chi connectivity index (χ0) is 27.8. The summed E-state index contributed by atoms with van der Waals surface area (Å²) >= 11 is 0. The molecule has 4 aliphatic heterocycles. The maximum atomic E-state index is 13.6. The van der Waals surface area contributed by atoms with Crippen molar-refractivity contribution in [1.29, 1.82) is 0 Å². The number of hydrogen-bond acceptors (Lipinski definition) is 11. The molecule has 6 rings (SSSR count). The van der Waals surface area contributed by atoms with Crippen molar-refractivity contribution in [3.63, 3.8) is 0 Å². The molecule has 12 nitrogen and oxygen atoms in total. The second-order valence-electron chi connectivity index (χ2n) is 9.57. The molecular formula is C28H30N2O10. The van der Waals surface area contributed by atoms with E-state index in [0.29, 0.717) is 85.9 Å². The summed E-state index contributed by atoms with van der Waals surface area (Å²) in [6.07, 6.45) is 0. The summed E-state index contributed by atoms with van der Waals surface area (Å²) in [6.45, 7) is 4.10. The second-order valence-corrected chi connectivity index (χ2v) is 9.57. The van der Waals surface area contributed by atoms with E-state index in [4.69, 9.17) is 33.2 Å². The van der Waals surface area contributed by atoms with Crippen LogP contribution in [0.4, 0.5) is 0 Å². The molecule has 2 fully saturated rings. The SMILES string of the molecule is COc1cc(C2C(=C(O)c3ccc4c(c3)OCCO4)C(=O)C(=O)N2CCN2CCOCC2)c(OC)c2c1OCO2. The number of ketones is 1. The molecule has 40 heavy (non-hydrogen) atoms. The quantitative estimate of drug-likeness (QED) is 0.307. The highest BCUT2D eigenvalue weighted by Crippen LogP contribution is 2.54. The number of morpholine rings is 1. The molecule has 0 saturated carbocycles. The number of methoxy groups -OCH3 is 2. The summed E-state index contributed by atoms with van der Waals surface area (Å²) < 4.78 is 39.3. The molecule has 1 unspecified atom stereocenters. The smallest absolute Gasteiger partial charge is 0.295 e. The van der Waals surface area contributed by atoms with Gasteiger partial charge in [-0.25, -0.2) is 0 Å². The van der Waals surface area contributed by atoms with E-state index in [1.54, 1.807) is 24.3 Å². The fourth-order valence-electron chi connectivity index (χ4n) is 5.45. The minimum Gasteiger partial charge on any atom is -0.507 e. The van der Waals surface area contributed by atoms with Gasteiger partial charge in [-0.1, -0.05) is 0 Å². The maximum absolute atomic E-state index is 13.6. The molecule has 2 aromatic carbocycles. The molecule has 2 aromatic rings. The van der Waals surface area contributed by atoms with Gasteiger partial charge in [0.15, 0.2) is 23.0 Å². The van der Waals surface area contributed by atoms with Crippen molar-refractivity contribution in [1.82, 2.24) is 9.80 Å². The van der Waals surface area contributed by atoms with E-state index < -0.39 is 17.7 Å². The molecule has 4 aliphatic rings. The highest BCUT2D eigenvalue weighted by atomic mass is 16.7. The third-order valence-electron chi connectivity index (χ3n) is 7.43. The number of ether oxygens (including phenoxy) is 7. The summed E-state index contributed by atoms with van der Waals surface area (Å²) in [5, 5.41) is 11.6. The Morgan fingerprint density at radius 1 is 0.925 bits per heavy atom. The van der Waals surface area contributed by atoms with Crippen LogP contribution in [0.5, 0.6) is 34.5 Å². The molecule has 4 heterocycles. The van der Waals surface area contributed by atoms with Gasteiger partial charge in [0.1, 0.15) is 19.0 Å². The Bertz CT molecular complexity index is 1370. The van der Waals surface area contributed by atoms with E-state index in [1.807, 2.05) is 0 Å². The first kappa shape index (κ1) is 26.1. The van der Waals surface area contributed by atoms with Crippen LogP contribution in [0, 0.1) is 0 Å². The number of aliphatic hydroxyl groups excluding tert-OH is 1. The van der Waals surface area contributed by atoms with Crippen molar-refractivity contribution in [3.8, 4) is 34.5 Å². The van der Waals surface area contributed by atoms with E-state index >= 15 is 0 Å². The third kappa shape index (κ3) is 4.42. The molecule has 0 bridgehead atoms.